The lowest BCUT2D eigenvalue weighted by molar-refractivity contribution is 0.127. The third kappa shape index (κ3) is 3.94. The van der Waals surface area contributed by atoms with E-state index in [4.69, 9.17) is 11.6 Å². The molecule has 27 heavy (non-hydrogen) atoms. The molecular weight excluding hydrogens is 404 g/mol. The number of fused-ring (bicyclic) bond motifs is 1. The van der Waals surface area contributed by atoms with Gasteiger partial charge in [0.05, 0.1) is 5.52 Å². The summed E-state index contributed by atoms with van der Waals surface area (Å²) < 4.78 is 13.2. The molecule has 138 valence electrons. The predicted octanol–water partition coefficient (Wildman–Crippen LogP) is 3.33. The van der Waals surface area contributed by atoms with Gasteiger partial charge in [0, 0.05) is 25.8 Å². The third-order valence-corrected chi connectivity index (χ3v) is 6.64. The van der Waals surface area contributed by atoms with Crippen LogP contribution in [0.5, 0.6) is 0 Å². The second-order valence-electron chi connectivity index (χ2n) is 5.88. The Balaban J connectivity index is 1.86. The summed E-state index contributed by atoms with van der Waals surface area (Å²) in [4.78, 5) is 5.73. The molecule has 1 aromatic heterocycles. The Morgan fingerprint density at radius 2 is 1.89 bits per heavy atom. The van der Waals surface area contributed by atoms with Crippen LogP contribution < -0.4 is 5.32 Å². The van der Waals surface area contributed by atoms with Crippen molar-refractivity contribution in [2.75, 3.05) is 0 Å². The van der Waals surface area contributed by atoms with E-state index in [1.54, 1.807) is 30.3 Å². The molecule has 4 rings (SSSR count). The average Bonchev–Trinajstić information content (AvgIpc) is 2.98. The minimum atomic E-state index is -1.53. The molecule has 0 aliphatic carbocycles. The summed E-state index contributed by atoms with van der Waals surface area (Å²) in [5.74, 6) is 0. The maximum Gasteiger partial charge on any atom is 0.159 e. The summed E-state index contributed by atoms with van der Waals surface area (Å²) >= 11 is 7.03. The maximum absolute atomic E-state index is 13.2. The van der Waals surface area contributed by atoms with Crippen LogP contribution in [0.3, 0.4) is 0 Å². The molecular formula is C19H15ClN2O3S2. The first-order valence-corrected chi connectivity index (χ1v) is 10.5. The van der Waals surface area contributed by atoms with Gasteiger partial charge in [-0.15, -0.1) is 0 Å². The molecule has 1 fully saturated rings. The van der Waals surface area contributed by atoms with Gasteiger partial charge < -0.3 is 10.2 Å². The number of nitrogens with zero attached hydrogens (tertiary/aromatic N) is 1. The Hall–Kier alpha value is -1.74. The van der Waals surface area contributed by atoms with Crippen LogP contribution in [-0.2, 0) is 10.8 Å². The van der Waals surface area contributed by atoms with Crippen molar-refractivity contribution in [2.24, 2.45) is 0 Å². The zero-order chi connectivity index (χ0) is 19.0. The van der Waals surface area contributed by atoms with E-state index in [1.807, 2.05) is 30.3 Å². The third-order valence-electron chi connectivity index (χ3n) is 4.04. The summed E-state index contributed by atoms with van der Waals surface area (Å²) in [6.45, 7) is 0. The summed E-state index contributed by atoms with van der Waals surface area (Å²) in [5, 5.41) is 24.2. The number of hydrogen-bond acceptors (Lipinski definition) is 6. The molecule has 5 nitrogen and oxygen atoms in total. The molecule has 0 spiro atoms. The van der Waals surface area contributed by atoms with Crippen LogP contribution in [0.2, 0.25) is 5.02 Å². The Morgan fingerprint density at radius 3 is 2.59 bits per heavy atom. The van der Waals surface area contributed by atoms with E-state index >= 15 is 0 Å². The molecule has 0 saturated carbocycles. The van der Waals surface area contributed by atoms with E-state index < -0.39 is 22.6 Å². The van der Waals surface area contributed by atoms with E-state index in [-0.39, 0.29) is 0 Å². The summed E-state index contributed by atoms with van der Waals surface area (Å²) in [6, 6.07) is 16.2. The van der Waals surface area contributed by atoms with Crippen molar-refractivity contribution in [1.29, 1.82) is 0 Å². The van der Waals surface area contributed by atoms with Crippen molar-refractivity contribution >= 4 is 51.1 Å². The fourth-order valence-corrected chi connectivity index (χ4v) is 4.84. The Kier molecular flexibility index (Phi) is 5.32. The minimum Gasteiger partial charge on any atom is -0.374 e. The fraction of sp³-hybridized carbons (Fsp3) is 0.105. The molecule has 3 unspecified atom stereocenters. The molecule has 8 heteroatoms. The van der Waals surface area contributed by atoms with Gasteiger partial charge in [0.2, 0.25) is 0 Å². The summed E-state index contributed by atoms with van der Waals surface area (Å²) in [5.41, 5.74) is 0.471. The quantitative estimate of drug-likeness (QED) is 0.605. The van der Waals surface area contributed by atoms with Crippen LogP contribution in [0.1, 0.15) is 5.56 Å². The number of nitrogens with one attached hydrogen (secondary N) is 1. The van der Waals surface area contributed by atoms with Crippen LogP contribution in [0.15, 0.2) is 69.4 Å². The van der Waals surface area contributed by atoms with Gasteiger partial charge >= 0.3 is 0 Å². The molecule has 3 atom stereocenters. The number of benzene rings is 2. The largest absolute Gasteiger partial charge is 0.374 e. The lowest BCUT2D eigenvalue weighted by Crippen LogP contribution is -2.28. The Labute approximate surface area is 167 Å². The number of thioether (sulfide) groups is 1. The molecule has 1 saturated heterocycles. The highest BCUT2D eigenvalue weighted by molar-refractivity contribution is 8.03. The molecule has 2 heterocycles. The standard InChI is InChI=1S/C19H15ClN2O3S2/c20-13-5-7-14(8-6-13)27(25)18-12(10-16-17(23)22-19(24)26-16)9-11-3-1-2-4-15(11)21-18/h1-10,17,19,22-24H/b16-10-. The molecule has 3 N–H and O–H groups in total. The second-order valence-corrected chi connectivity index (χ2v) is 8.87. The lowest BCUT2D eigenvalue weighted by atomic mass is 10.1. The van der Waals surface area contributed by atoms with Crippen molar-refractivity contribution in [3.05, 3.63) is 70.1 Å². The summed E-state index contributed by atoms with van der Waals surface area (Å²) in [7, 11) is -1.53. The van der Waals surface area contributed by atoms with E-state index in [2.05, 4.69) is 10.3 Å². The molecule has 1 aliphatic heterocycles. The van der Waals surface area contributed by atoms with Gasteiger partial charge in [0.25, 0.3) is 0 Å². The Bertz CT molecular complexity index is 1060. The van der Waals surface area contributed by atoms with Gasteiger partial charge in [-0.3, -0.25) is 5.32 Å². The first-order valence-electron chi connectivity index (χ1n) is 8.09. The van der Waals surface area contributed by atoms with Gasteiger partial charge in [-0.25, -0.2) is 9.19 Å². The van der Waals surface area contributed by atoms with Crippen LogP contribution in [0, 0.1) is 0 Å². The van der Waals surface area contributed by atoms with E-state index in [0.717, 1.165) is 22.7 Å². The topological polar surface area (TPSA) is 82.5 Å². The van der Waals surface area contributed by atoms with Gasteiger partial charge in [-0.2, -0.15) is 0 Å². The highest BCUT2D eigenvalue weighted by Crippen LogP contribution is 2.33. The highest BCUT2D eigenvalue weighted by atomic mass is 35.5. The van der Waals surface area contributed by atoms with Gasteiger partial charge in [0.1, 0.15) is 22.1 Å². The fourth-order valence-electron chi connectivity index (χ4n) is 2.75. The van der Waals surface area contributed by atoms with Crippen molar-refractivity contribution in [3.63, 3.8) is 0 Å². The number of rotatable bonds is 3. The number of aromatic nitrogens is 1. The normalized spacial score (nSPS) is 22.4. The first-order chi connectivity index (χ1) is 13.0. The van der Waals surface area contributed by atoms with Crippen molar-refractivity contribution in [2.45, 2.75) is 21.7 Å². The second kappa shape index (κ2) is 7.71. The Morgan fingerprint density at radius 1 is 1.15 bits per heavy atom. The molecule has 2 aromatic carbocycles. The molecule has 1 aliphatic rings. The predicted molar refractivity (Wildman–Crippen MR) is 109 cm³/mol. The van der Waals surface area contributed by atoms with Gasteiger partial charge in [0.15, 0.2) is 5.56 Å². The van der Waals surface area contributed by atoms with Crippen LogP contribution in [0.25, 0.3) is 17.0 Å². The van der Waals surface area contributed by atoms with Crippen molar-refractivity contribution in [3.8, 4) is 0 Å². The SMILES string of the molecule is O=S(c1ccc(Cl)cc1)c1nc2ccccc2cc1/C=C1\SC(O)NC1O. The van der Waals surface area contributed by atoms with Crippen molar-refractivity contribution in [1.82, 2.24) is 10.3 Å². The van der Waals surface area contributed by atoms with Gasteiger partial charge in [-0.1, -0.05) is 41.6 Å². The van der Waals surface area contributed by atoms with Crippen LogP contribution in [-0.4, -0.2) is 31.2 Å². The number of hydrogen-bond donors (Lipinski definition) is 3. The summed E-state index contributed by atoms with van der Waals surface area (Å²) in [6.07, 6.45) is 0.731. The number of aliphatic hydroxyl groups is 2. The lowest BCUT2D eigenvalue weighted by Gasteiger charge is -2.10. The number of para-hydroxylation sites is 1. The molecule has 3 aromatic rings. The number of halogens is 1. The molecule has 0 amide bonds. The van der Waals surface area contributed by atoms with Crippen LogP contribution >= 0.6 is 23.4 Å². The number of aliphatic hydroxyl groups excluding tert-OH is 2. The van der Waals surface area contributed by atoms with E-state index in [9.17, 15) is 14.4 Å². The highest BCUT2D eigenvalue weighted by Gasteiger charge is 2.26. The maximum atomic E-state index is 13.2. The average molecular weight is 419 g/mol. The van der Waals surface area contributed by atoms with Crippen molar-refractivity contribution < 1.29 is 14.4 Å². The zero-order valence-electron chi connectivity index (χ0n) is 13.9. The molecule has 0 bridgehead atoms. The van der Waals surface area contributed by atoms with E-state index in [1.165, 1.54) is 0 Å². The smallest absolute Gasteiger partial charge is 0.159 e. The first kappa shape index (κ1) is 18.6. The molecule has 0 radical (unpaired) electrons. The minimum absolute atomic E-state index is 0.387. The van der Waals surface area contributed by atoms with E-state index in [0.29, 0.717) is 25.4 Å². The number of pyridine rings is 1. The van der Waals surface area contributed by atoms with Crippen LogP contribution in [0.4, 0.5) is 0 Å². The van der Waals surface area contributed by atoms with Gasteiger partial charge in [-0.05, 0) is 42.5 Å². The monoisotopic (exact) mass is 418 g/mol. The zero-order valence-corrected chi connectivity index (χ0v) is 16.3.